The van der Waals surface area contributed by atoms with E-state index >= 15 is 0 Å². The van der Waals surface area contributed by atoms with E-state index in [0.717, 1.165) is 56.1 Å². The summed E-state index contributed by atoms with van der Waals surface area (Å²) in [5.41, 5.74) is 0.937. The third kappa shape index (κ3) is 11.8. The highest BCUT2D eigenvalue weighted by Gasteiger charge is 2.36. The zero-order valence-electron chi connectivity index (χ0n) is 25.1. The fourth-order valence-electron chi connectivity index (χ4n) is 4.55. The molecule has 2 atom stereocenters. The van der Waals surface area contributed by atoms with Gasteiger partial charge in [0.05, 0.1) is 0 Å². The molecule has 7 heteroatoms. The van der Waals surface area contributed by atoms with E-state index < -0.39 is 23.8 Å². The van der Waals surface area contributed by atoms with Gasteiger partial charge < -0.3 is 20.3 Å². The van der Waals surface area contributed by atoms with Crippen molar-refractivity contribution in [2.24, 2.45) is 0 Å². The molecule has 0 heterocycles. The van der Waals surface area contributed by atoms with Crippen LogP contribution in [-0.4, -0.2) is 47.5 Å². The number of amides is 3. The second kappa shape index (κ2) is 17.4. The fraction of sp³-hybridized carbons (Fsp3) is 0.545. The molecule has 0 aliphatic carbocycles. The molecular formula is C33H49N3O4. The summed E-state index contributed by atoms with van der Waals surface area (Å²) in [5.74, 6) is -0.512. The Kier molecular flexibility index (Phi) is 14.3. The molecule has 0 saturated heterocycles. The lowest BCUT2D eigenvalue weighted by Gasteiger charge is -2.34. The van der Waals surface area contributed by atoms with Crippen molar-refractivity contribution in [2.45, 2.75) is 104 Å². The number of ether oxygens (including phenoxy) is 1. The van der Waals surface area contributed by atoms with E-state index in [9.17, 15) is 14.4 Å². The van der Waals surface area contributed by atoms with Crippen LogP contribution in [0.15, 0.2) is 60.7 Å². The van der Waals surface area contributed by atoms with Gasteiger partial charge in [-0.15, -0.1) is 0 Å². The zero-order valence-corrected chi connectivity index (χ0v) is 25.1. The van der Waals surface area contributed by atoms with Crippen molar-refractivity contribution in [3.8, 4) is 0 Å². The molecule has 0 fully saturated rings. The Labute approximate surface area is 241 Å². The molecule has 0 bridgehead atoms. The number of nitrogens with one attached hydrogen (secondary N) is 2. The van der Waals surface area contributed by atoms with Gasteiger partial charge in [-0.1, -0.05) is 107 Å². The Morgan fingerprint density at radius 2 is 1.43 bits per heavy atom. The van der Waals surface area contributed by atoms with Crippen LogP contribution in [0.25, 0.3) is 0 Å². The number of unbranched alkanes of at least 4 members (excludes halogenated alkanes) is 5. The molecule has 0 aliphatic heterocycles. The van der Waals surface area contributed by atoms with Crippen LogP contribution in [0.3, 0.4) is 0 Å². The Hall–Kier alpha value is -3.35. The summed E-state index contributed by atoms with van der Waals surface area (Å²) in [6.45, 7) is 10.5. The van der Waals surface area contributed by atoms with Crippen LogP contribution in [0.1, 0.15) is 96.7 Å². The Balaban J connectivity index is 2.46. The molecule has 3 amide bonds. The molecule has 7 nitrogen and oxygen atoms in total. The average Bonchev–Trinajstić information content (AvgIpc) is 2.91. The lowest BCUT2D eigenvalue weighted by molar-refractivity contribution is -0.142. The maximum atomic E-state index is 14.4. The number of alkyl carbamates (subject to hydrolysis) is 1. The van der Waals surface area contributed by atoms with Crippen molar-refractivity contribution in [3.05, 3.63) is 71.8 Å². The van der Waals surface area contributed by atoms with Gasteiger partial charge in [-0.3, -0.25) is 9.59 Å². The van der Waals surface area contributed by atoms with Gasteiger partial charge in [-0.05, 0) is 44.7 Å². The summed E-state index contributed by atoms with van der Waals surface area (Å²) in [7, 11) is 0. The first-order valence-corrected chi connectivity index (χ1v) is 14.8. The minimum Gasteiger partial charge on any atom is -0.444 e. The second-order valence-corrected chi connectivity index (χ2v) is 11.3. The van der Waals surface area contributed by atoms with E-state index in [4.69, 9.17) is 4.74 Å². The van der Waals surface area contributed by atoms with E-state index in [2.05, 4.69) is 24.5 Å². The summed E-state index contributed by atoms with van der Waals surface area (Å²) in [5, 5.41) is 5.87. The Bertz CT molecular complexity index is 1020. The highest BCUT2D eigenvalue weighted by molar-refractivity contribution is 5.92. The third-order valence-corrected chi connectivity index (χ3v) is 6.56. The maximum absolute atomic E-state index is 14.4. The number of carbonyl (C=O) groups excluding carboxylic acids is 3. The molecule has 0 spiro atoms. The molecule has 220 valence electrons. The van der Waals surface area contributed by atoms with E-state index in [-0.39, 0.29) is 18.2 Å². The molecule has 2 aromatic carbocycles. The van der Waals surface area contributed by atoms with Crippen molar-refractivity contribution >= 4 is 17.9 Å². The minimum atomic E-state index is -0.900. The minimum absolute atomic E-state index is 0.211. The number of hydrogen-bond acceptors (Lipinski definition) is 4. The van der Waals surface area contributed by atoms with Crippen molar-refractivity contribution < 1.29 is 19.1 Å². The lowest BCUT2D eigenvalue weighted by atomic mass is 9.99. The fourth-order valence-corrected chi connectivity index (χ4v) is 4.55. The quantitative estimate of drug-likeness (QED) is 0.231. The summed E-state index contributed by atoms with van der Waals surface area (Å²) < 4.78 is 5.52. The van der Waals surface area contributed by atoms with Crippen molar-refractivity contribution in [1.82, 2.24) is 15.5 Å². The molecule has 2 unspecified atom stereocenters. The lowest BCUT2D eigenvalue weighted by Crippen LogP contribution is -2.54. The second-order valence-electron chi connectivity index (χ2n) is 11.3. The normalized spacial score (nSPS) is 12.7. The molecule has 0 saturated carbocycles. The highest BCUT2D eigenvalue weighted by Crippen LogP contribution is 2.24. The summed E-state index contributed by atoms with van der Waals surface area (Å²) >= 11 is 0. The van der Waals surface area contributed by atoms with Gasteiger partial charge in [0.15, 0.2) is 0 Å². The first-order chi connectivity index (χ1) is 19.2. The van der Waals surface area contributed by atoms with Gasteiger partial charge >= 0.3 is 6.09 Å². The summed E-state index contributed by atoms with van der Waals surface area (Å²) in [4.78, 5) is 42.6. The molecule has 0 radical (unpaired) electrons. The van der Waals surface area contributed by atoms with E-state index in [1.165, 1.54) is 0 Å². The Morgan fingerprint density at radius 3 is 2.02 bits per heavy atom. The van der Waals surface area contributed by atoms with Crippen molar-refractivity contribution in [2.75, 3.05) is 13.1 Å². The predicted molar refractivity (Wildman–Crippen MR) is 161 cm³/mol. The van der Waals surface area contributed by atoms with Crippen molar-refractivity contribution in [3.63, 3.8) is 0 Å². The van der Waals surface area contributed by atoms with Crippen molar-refractivity contribution in [1.29, 1.82) is 0 Å². The zero-order chi connectivity index (χ0) is 29.4. The summed E-state index contributed by atoms with van der Waals surface area (Å²) in [6.07, 6.45) is 6.48. The molecule has 2 N–H and O–H groups in total. The van der Waals surface area contributed by atoms with Crippen LogP contribution in [-0.2, 0) is 20.7 Å². The topological polar surface area (TPSA) is 87.7 Å². The van der Waals surface area contributed by atoms with Crippen LogP contribution in [0.2, 0.25) is 0 Å². The first kappa shape index (κ1) is 32.9. The van der Waals surface area contributed by atoms with E-state index in [1.54, 1.807) is 25.7 Å². The monoisotopic (exact) mass is 551 g/mol. The molecule has 0 aliphatic rings. The largest absolute Gasteiger partial charge is 0.444 e. The number of rotatable bonds is 16. The maximum Gasteiger partial charge on any atom is 0.408 e. The number of benzene rings is 2. The van der Waals surface area contributed by atoms with Crippen LogP contribution >= 0.6 is 0 Å². The third-order valence-electron chi connectivity index (χ3n) is 6.56. The summed E-state index contributed by atoms with van der Waals surface area (Å²) in [6, 6.07) is 17.3. The average molecular weight is 552 g/mol. The standard InChI is InChI=1S/C33H49N3O4/c1-6-8-10-11-18-24-36(29(27-21-16-13-17-22-27)30(37)34-23-9-7-2)31(38)28(25-26-19-14-12-15-20-26)35-32(39)40-33(3,4)5/h12-17,19-22,28-29H,6-11,18,23-25H2,1-5H3,(H,34,37)(H,35,39). The Morgan fingerprint density at radius 1 is 0.825 bits per heavy atom. The number of hydrogen-bond donors (Lipinski definition) is 2. The highest BCUT2D eigenvalue weighted by atomic mass is 16.6. The van der Waals surface area contributed by atoms with Crippen LogP contribution in [0.4, 0.5) is 4.79 Å². The van der Waals surface area contributed by atoms with E-state index in [0.29, 0.717) is 13.1 Å². The van der Waals surface area contributed by atoms with Gasteiger partial charge in [0.1, 0.15) is 17.7 Å². The van der Waals surface area contributed by atoms with Gasteiger partial charge in [0.2, 0.25) is 11.8 Å². The van der Waals surface area contributed by atoms with Gasteiger partial charge in [-0.25, -0.2) is 4.79 Å². The SMILES string of the molecule is CCCCCCCN(C(=O)C(Cc1ccccc1)NC(=O)OC(C)(C)C)C(C(=O)NCCCC)c1ccccc1. The van der Waals surface area contributed by atoms with Gasteiger partial charge in [0.25, 0.3) is 0 Å². The van der Waals surface area contributed by atoms with Crippen LogP contribution in [0.5, 0.6) is 0 Å². The van der Waals surface area contributed by atoms with Gasteiger partial charge in [-0.2, -0.15) is 0 Å². The molecule has 0 aromatic heterocycles. The molecule has 40 heavy (non-hydrogen) atoms. The molecule has 2 rings (SSSR count). The first-order valence-electron chi connectivity index (χ1n) is 14.8. The van der Waals surface area contributed by atoms with E-state index in [1.807, 2.05) is 60.7 Å². The van der Waals surface area contributed by atoms with Crippen LogP contribution in [0, 0.1) is 0 Å². The molecular weight excluding hydrogens is 502 g/mol. The predicted octanol–water partition coefficient (Wildman–Crippen LogP) is 6.58. The number of nitrogens with zero attached hydrogens (tertiary/aromatic N) is 1. The smallest absolute Gasteiger partial charge is 0.408 e. The van der Waals surface area contributed by atoms with Crippen LogP contribution < -0.4 is 10.6 Å². The molecule has 2 aromatic rings. The van der Waals surface area contributed by atoms with Gasteiger partial charge in [0, 0.05) is 19.5 Å². The number of carbonyl (C=O) groups is 3.